The van der Waals surface area contributed by atoms with Crippen LogP contribution in [0.15, 0.2) is 122 Å². The van der Waals surface area contributed by atoms with Gasteiger partial charge < -0.3 is 9.55 Å². The monoisotopic (exact) mass is 617 g/mol. The van der Waals surface area contributed by atoms with E-state index >= 15 is 0 Å². The van der Waals surface area contributed by atoms with Gasteiger partial charge in [0.15, 0.2) is 5.65 Å². The third kappa shape index (κ3) is 5.17. The van der Waals surface area contributed by atoms with Crippen molar-refractivity contribution in [2.24, 2.45) is 0 Å². The molecule has 0 fully saturated rings. The van der Waals surface area contributed by atoms with Gasteiger partial charge >= 0.3 is 0 Å². The molecule has 0 bridgehead atoms. The normalized spacial score (nSPS) is 10.1. The van der Waals surface area contributed by atoms with Crippen molar-refractivity contribution in [3.05, 3.63) is 134 Å². The van der Waals surface area contributed by atoms with Gasteiger partial charge in [-0.1, -0.05) is 30.3 Å². The fourth-order valence-electron chi connectivity index (χ4n) is 3.52. The molecule has 0 N–H and O–H groups in total. The fraction of sp³-hybridized carbons (Fsp3) is 0. The number of nitrogens with zero attached hydrogens (tertiary/aromatic N) is 4. The van der Waals surface area contributed by atoms with Gasteiger partial charge in [0.1, 0.15) is 0 Å². The molecule has 0 unspecified atom stereocenters. The average molecular weight is 617 g/mol. The number of imidazole rings is 1. The zero-order chi connectivity index (χ0) is 22.3. The molecule has 34 heavy (non-hydrogen) atoms. The van der Waals surface area contributed by atoms with Crippen LogP contribution in [0.25, 0.3) is 39.5 Å². The summed E-state index contributed by atoms with van der Waals surface area (Å²) in [6, 6.07) is 42.0. The molecule has 1 radical (unpaired) electrons. The van der Waals surface area contributed by atoms with Gasteiger partial charge in [-0.25, -0.2) is 4.98 Å². The van der Waals surface area contributed by atoms with Crippen LogP contribution in [0.1, 0.15) is 0 Å². The minimum absolute atomic E-state index is 0. The van der Waals surface area contributed by atoms with Gasteiger partial charge in [-0.15, -0.1) is 71.8 Å². The van der Waals surface area contributed by atoms with E-state index in [-0.39, 0.29) is 20.1 Å². The summed E-state index contributed by atoms with van der Waals surface area (Å²) in [4.78, 5) is 13.4. The maximum Gasteiger partial charge on any atom is 0.155 e. The van der Waals surface area contributed by atoms with Crippen LogP contribution in [0.5, 0.6) is 0 Å². The molecule has 3 aromatic carbocycles. The van der Waals surface area contributed by atoms with Crippen molar-refractivity contribution in [3.8, 4) is 28.3 Å². The van der Waals surface area contributed by atoms with E-state index in [1.807, 2.05) is 97.1 Å². The molecule has 0 saturated heterocycles. The molecule has 0 aliphatic carbocycles. The molecule has 0 amide bonds. The number of pyridine rings is 2. The zero-order valence-electron chi connectivity index (χ0n) is 18.2. The van der Waals surface area contributed by atoms with Gasteiger partial charge in [-0.05, 0) is 36.0 Å². The Balaban J connectivity index is 0.000000180. The minimum atomic E-state index is 0. The minimum Gasteiger partial charge on any atom is -0.318 e. The Morgan fingerprint density at radius 3 is 1.94 bits per heavy atom. The van der Waals surface area contributed by atoms with E-state index in [9.17, 15) is 0 Å². The molecule has 3 aromatic heterocycles. The van der Waals surface area contributed by atoms with E-state index in [2.05, 4.69) is 38.8 Å². The summed E-state index contributed by atoms with van der Waals surface area (Å²) in [5.74, 6) is 0.857. The summed E-state index contributed by atoms with van der Waals surface area (Å²) in [5.41, 5.74) is 5.76. The second kappa shape index (κ2) is 11.3. The Morgan fingerprint density at radius 2 is 1.26 bits per heavy atom. The Hall–Kier alpha value is -3.92. The molecule has 6 rings (SSSR count). The third-order valence-electron chi connectivity index (χ3n) is 5.03. The predicted octanol–water partition coefficient (Wildman–Crippen LogP) is 6.43. The summed E-state index contributed by atoms with van der Waals surface area (Å²) in [6.45, 7) is 0. The van der Waals surface area contributed by atoms with Crippen LogP contribution in [-0.2, 0) is 20.1 Å². The molecule has 0 spiro atoms. The first-order chi connectivity index (χ1) is 16.4. The number of fused-ring (bicyclic) bond motifs is 1. The van der Waals surface area contributed by atoms with Gasteiger partial charge in [0, 0.05) is 38.2 Å². The van der Waals surface area contributed by atoms with Gasteiger partial charge in [-0.3, -0.25) is 4.98 Å². The second-order valence-electron chi connectivity index (χ2n) is 7.22. The number of benzene rings is 3. The van der Waals surface area contributed by atoms with E-state index < -0.39 is 0 Å². The molecule has 0 aliphatic heterocycles. The maximum atomic E-state index is 4.73. The Labute approximate surface area is 212 Å². The topological polar surface area (TPSA) is 43.6 Å². The molecule has 4 nitrogen and oxygen atoms in total. The van der Waals surface area contributed by atoms with E-state index in [0.717, 1.165) is 39.5 Å². The number of aromatic nitrogens is 4. The molecular formula is C29H20IrN4-2. The van der Waals surface area contributed by atoms with Gasteiger partial charge in [0.05, 0.1) is 11.3 Å². The van der Waals surface area contributed by atoms with Crippen molar-refractivity contribution in [1.82, 2.24) is 19.5 Å². The standard InChI is InChI=1S/C18H12N3.C11H8N.Ir/c1-3-8-14(9-4-1)17-20-16-12-7-13-19-18(16)21(17)15-10-5-2-6-11-15;1-2-6-10(7-3-1)11-8-4-5-9-12-11;/h1-8,10-13H;1-6,8-9H;/q2*-1;. The smallest absolute Gasteiger partial charge is 0.155 e. The van der Waals surface area contributed by atoms with Crippen molar-refractivity contribution < 1.29 is 20.1 Å². The number of rotatable bonds is 3. The molecule has 3 heterocycles. The first kappa shape index (κ1) is 23.2. The Morgan fingerprint density at radius 1 is 0.588 bits per heavy atom. The van der Waals surface area contributed by atoms with Gasteiger partial charge in [-0.2, -0.15) is 0 Å². The first-order valence-electron chi connectivity index (χ1n) is 10.6. The SMILES string of the molecule is [Ir].[c-]1ccccc1-c1ccccn1.[c-]1ccccc1-c1nc2cccnc2n1-c1ccccc1. The summed E-state index contributed by atoms with van der Waals surface area (Å²) in [6.07, 6.45) is 3.58. The number of para-hydroxylation sites is 1. The van der Waals surface area contributed by atoms with Gasteiger partial charge in [0.2, 0.25) is 0 Å². The molecule has 0 atom stereocenters. The fourth-order valence-corrected chi connectivity index (χ4v) is 3.52. The quantitative estimate of drug-likeness (QED) is 0.215. The maximum absolute atomic E-state index is 4.73. The van der Waals surface area contributed by atoms with Crippen molar-refractivity contribution in [2.75, 3.05) is 0 Å². The molecular weight excluding hydrogens is 597 g/mol. The van der Waals surface area contributed by atoms with Crippen molar-refractivity contribution in [1.29, 1.82) is 0 Å². The van der Waals surface area contributed by atoms with Crippen LogP contribution in [0, 0.1) is 12.1 Å². The third-order valence-corrected chi connectivity index (χ3v) is 5.03. The molecule has 6 aromatic rings. The Bertz CT molecular complexity index is 1400. The summed E-state index contributed by atoms with van der Waals surface area (Å²) in [5, 5.41) is 0. The molecule has 0 saturated carbocycles. The zero-order valence-corrected chi connectivity index (χ0v) is 20.6. The van der Waals surface area contributed by atoms with Crippen molar-refractivity contribution >= 4 is 11.2 Å². The summed E-state index contributed by atoms with van der Waals surface area (Å²) >= 11 is 0. The second-order valence-corrected chi connectivity index (χ2v) is 7.22. The van der Waals surface area contributed by atoms with Crippen LogP contribution in [0.4, 0.5) is 0 Å². The van der Waals surface area contributed by atoms with Crippen LogP contribution in [-0.4, -0.2) is 19.5 Å². The predicted molar refractivity (Wildman–Crippen MR) is 132 cm³/mol. The van der Waals surface area contributed by atoms with E-state index in [1.54, 1.807) is 12.4 Å². The van der Waals surface area contributed by atoms with E-state index in [4.69, 9.17) is 4.98 Å². The molecule has 167 valence electrons. The van der Waals surface area contributed by atoms with Gasteiger partial charge in [0.25, 0.3) is 0 Å². The largest absolute Gasteiger partial charge is 0.318 e. The number of hydrogen-bond acceptors (Lipinski definition) is 3. The van der Waals surface area contributed by atoms with Crippen LogP contribution in [0.3, 0.4) is 0 Å². The van der Waals surface area contributed by atoms with Crippen LogP contribution < -0.4 is 0 Å². The number of hydrogen-bond donors (Lipinski definition) is 0. The molecule has 5 heteroatoms. The van der Waals surface area contributed by atoms with E-state index in [0.29, 0.717) is 0 Å². The molecule has 0 aliphatic rings. The average Bonchev–Trinajstić information content (AvgIpc) is 3.31. The Kier molecular flexibility index (Phi) is 7.71. The van der Waals surface area contributed by atoms with Crippen LogP contribution in [0.2, 0.25) is 0 Å². The van der Waals surface area contributed by atoms with Crippen LogP contribution >= 0.6 is 0 Å². The van der Waals surface area contributed by atoms with E-state index in [1.165, 1.54) is 0 Å². The van der Waals surface area contributed by atoms with Crippen molar-refractivity contribution in [3.63, 3.8) is 0 Å². The summed E-state index contributed by atoms with van der Waals surface area (Å²) < 4.78 is 2.07. The first-order valence-corrected chi connectivity index (χ1v) is 10.6. The van der Waals surface area contributed by atoms with Crippen molar-refractivity contribution in [2.45, 2.75) is 0 Å². The summed E-state index contributed by atoms with van der Waals surface area (Å²) in [7, 11) is 0.